The van der Waals surface area contributed by atoms with Gasteiger partial charge in [-0.1, -0.05) is 24.3 Å². The maximum Gasteiger partial charge on any atom is 0.363 e. The molecule has 0 saturated heterocycles. The van der Waals surface area contributed by atoms with E-state index in [0.717, 1.165) is 4.88 Å². The minimum atomic E-state index is -0.470. The average Bonchev–Trinajstić information content (AvgIpc) is 3.15. The van der Waals surface area contributed by atoms with Crippen LogP contribution >= 0.6 is 22.9 Å². The van der Waals surface area contributed by atoms with E-state index in [-0.39, 0.29) is 11.3 Å². The van der Waals surface area contributed by atoms with Crippen molar-refractivity contribution in [2.45, 2.75) is 17.8 Å². The van der Waals surface area contributed by atoms with Crippen LogP contribution < -0.4 is 5.48 Å². The summed E-state index contributed by atoms with van der Waals surface area (Å²) in [5.41, 5.74) is 3.00. The summed E-state index contributed by atoms with van der Waals surface area (Å²) >= 11 is 7.63. The van der Waals surface area contributed by atoms with Crippen LogP contribution in [0.25, 0.3) is 0 Å². The molecular formula is C15H13ClN2O3S. The second kappa shape index (κ2) is 6.58. The van der Waals surface area contributed by atoms with Crippen LogP contribution in [0, 0.1) is 0 Å². The van der Waals surface area contributed by atoms with Crippen molar-refractivity contribution < 1.29 is 14.7 Å². The third kappa shape index (κ3) is 3.20. The van der Waals surface area contributed by atoms with Gasteiger partial charge in [-0.2, -0.15) is 5.48 Å². The number of rotatable bonds is 4. The summed E-state index contributed by atoms with van der Waals surface area (Å²) in [6, 6.07) is 3.50. The maximum absolute atomic E-state index is 11.9. The number of carbonyl (C=O) groups is 1. The Hall–Kier alpha value is -1.73. The molecule has 1 aromatic rings. The minimum Gasteiger partial charge on any atom is -0.402 e. The Labute approximate surface area is 136 Å². The number of cyclic esters (lactones) is 1. The first kappa shape index (κ1) is 15.2. The lowest BCUT2D eigenvalue weighted by molar-refractivity contribution is -0.130. The van der Waals surface area contributed by atoms with Crippen molar-refractivity contribution in [2.24, 2.45) is 4.99 Å². The maximum atomic E-state index is 11.9. The van der Waals surface area contributed by atoms with Gasteiger partial charge >= 0.3 is 5.97 Å². The number of halogens is 1. The van der Waals surface area contributed by atoms with Gasteiger partial charge in [-0.05, 0) is 17.5 Å². The SMILES string of the molecule is O=C1OC(C2=CC(NO)C(Cl)C=C2)=NC1=CCc1cccs1. The van der Waals surface area contributed by atoms with Crippen LogP contribution in [0.3, 0.4) is 0 Å². The van der Waals surface area contributed by atoms with E-state index < -0.39 is 12.0 Å². The average molecular weight is 337 g/mol. The highest BCUT2D eigenvalue weighted by atomic mass is 35.5. The number of alkyl halides is 1. The molecule has 0 spiro atoms. The Balaban J connectivity index is 1.78. The Morgan fingerprint density at radius 2 is 2.41 bits per heavy atom. The molecule has 22 heavy (non-hydrogen) atoms. The molecule has 3 rings (SSSR count). The second-order valence-electron chi connectivity index (χ2n) is 4.76. The number of ether oxygens (including phenoxy) is 1. The highest BCUT2D eigenvalue weighted by molar-refractivity contribution is 7.09. The lowest BCUT2D eigenvalue weighted by Gasteiger charge is -2.19. The van der Waals surface area contributed by atoms with Gasteiger partial charge in [0.25, 0.3) is 0 Å². The van der Waals surface area contributed by atoms with Crippen LogP contribution in [0.5, 0.6) is 0 Å². The van der Waals surface area contributed by atoms with E-state index in [4.69, 9.17) is 21.5 Å². The third-order valence-electron chi connectivity index (χ3n) is 3.26. The second-order valence-corrected chi connectivity index (χ2v) is 6.30. The number of esters is 1. The molecule has 0 radical (unpaired) electrons. The van der Waals surface area contributed by atoms with Gasteiger partial charge in [-0.3, -0.25) is 0 Å². The van der Waals surface area contributed by atoms with Gasteiger partial charge in [0.05, 0.1) is 11.4 Å². The summed E-state index contributed by atoms with van der Waals surface area (Å²) in [6.45, 7) is 0. The summed E-state index contributed by atoms with van der Waals surface area (Å²) in [5, 5.41) is 10.7. The highest BCUT2D eigenvalue weighted by Crippen LogP contribution is 2.22. The first-order valence-corrected chi connectivity index (χ1v) is 7.96. The molecule has 0 fully saturated rings. The van der Waals surface area contributed by atoms with Crippen molar-refractivity contribution in [1.82, 2.24) is 5.48 Å². The van der Waals surface area contributed by atoms with E-state index in [1.807, 2.05) is 17.5 Å². The fraction of sp³-hybridized carbons (Fsp3) is 0.200. The predicted octanol–water partition coefficient (Wildman–Crippen LogP) is 2.58. The number of thiophene rings is 1. The van der Waals surface area contributed by atoms with E-state index >= 15 is 0 Å². The van der Waals surface area contributed by atoms with Gasteiger partial charge in [0.1, 0.15) is 5.70 Å². The summed E-state index contributed by atoms with van der Waals surface area (Å²) in [5.74, 6) is -0.246. The van der Waals surface area contributed by atoms with Crippen LogP contribution in [-0.2, 0) is 16.0 Å². The van der Waals surface area contributed by atoms with Gasteiger partial charge in [0.2, 0.25) is 5.90 Å². The molecule has 114 valence electrons. The zero-order chi connectivity index (χ0) is 15.5. The Bertz CT molecular complexity index is 692. The van der Waals surface area contributed by atoms with E-state index in [0.29, 0.717) is 17.7 Å². The van der Waals surface area contributed by atoms with Crippen LogP contribution in [-0.4, -0.2) is 28.5 Å². The smallest absolute Gasteiger partial charge is 0.363 e. The number of nitrogens with zero attached hydrogens (tertiary/aromatic N) is 1. The number of hydrogen-bond acceptors (Lipinski definition) is 6. The lowest BCUT2D eigenvalue weighted by atomic mass is 10.0. The van der Waals surface area contributed by atoms with Crippen molar-refractivity contribution in [2.75, 3.05) is 0 Å². The molecule has 7 heteroatoms. The van der Waals surface area contributed by atoms with Crippen LogP contribution in [0.4, 0.5) is 0 Å². The minimum absolute atomic E-state index is 0.225. The zero-order valence-electron chi connectivity index (χ0n) is 11.4. The van der Waals surface area contributed by atoms with Crippen LogP contribution in [0.2, 0.25) is 0 Å². The zero-order valence-corrected chi connectivity index (χ0v) is 13.0. The fourth-order valence-corrected chi connectivity index (χ4v) is 2.97. The van der Waals surface area contributed by atoms with Gasteiger partial charge < -0.3 is 9.94 Å². The van der Waals surface area contributed by atoms with Crippen LogP contribution in [0.1, 0.15) is 4.88 Å². The number of hydrogen-bond donors (Lipinski definition) is 2. The van der Waals surface area contributed by atoms with Gasteiger partial charge in [-0.25, -0.2) is 9.79 Å². The summed E-state index contributed by atoms with van der Waals surface area (Å²) < 4.78 is 5.19. The molecule has 1 aliphatic carbocycles. The van der Waals surface area contributed by atoms with Crippen LogP contribution in [0.15, 0.2) is 58.1 Å². The quantitative estimate of drug-likeness (QED) is 0.384. The van der Waals surface area contributed by atoms with E-state index in [2.05, 4.69) is 10.5 Å². The van der Waals surface area contributed by atoms with Crippen molar-refractivity contribution in [3.63, 3.8) is 0 Å². The largest absolute Gasteiger partial charge is 0.402 e. The van der Waals surface area contributed by atoms with E-state index in [1.54, 1.807) is 35.6 Å². The Morgan fingerprint density at radius 3 is 3.14 bits per heavy atom. The normalized spacial score (nSPS) is 26.1. The monoisotopic (exact) mass is 336 g/mol. The molecular weight excluding hydrogens is 324 g/mol. The van der Waals surface area contributed by atoms with E-state index in [9.17, 15) is 4.79 Å². The molecule has 0 bridgehead atoms. The molecule has 1 aliphatic heterocycles. The number of aliphatic imine (C=N–C) groups is 1. The standard InChI is InChI=1S/C15H13ClN2O3S/c16-11-5-3-9(8-13(11)18-20)14-17-12(15(19)21-14)6-4-10-2-1-7-22-10/h1-3,5-8,11,13,18,20H,4H2. The van der Waals surface area contributed by atoms with Crippen molar-refractivity contribution in [3.05, 3.63) is 58.0 Å². The van der Waals surface area contributed by atoms with E-state index in [1.165, 1.54) is 0 Å². The fourth-order valence-electron chi connectivity index (χ4n) is 2.10. The molecule has 2 N–H and O–H groups in total. The summed E-state index contributed by atoms with van der Waals surface area (Å²) in [6.07, 6.45) is 7.49. The first-order valence-electron chi connectivity index (χ1n) is 6.65. The van der Waals surface area contributed by atoms with Gasteiger partial charge in [-0.15, -0.1) is 22.9 Å². The highest BCUT2D eigenvalue weighted by Gasteiger charge is 2.27. The molecule has 2 aliphatic rings. The molecule has 0 saturated carbocycles. The number of allylic oxidation sites excluding steroid dienone is 1. The molecule has 2 unspecified atom stereocenters. The van der Waals surface area contributed by atoms with Crippen molar-refractivity contribution >= 4 is 34.8 Å². The molecule has 0 aromatic carbocycles. The third-order valence-corrected chi connectivity index (χ3v) is 4.57. The number of carbonyl (C=O) groups excluding carboxylic acids is 1. The van der Waals surface area contributed by atoms with Gasteiger partial charge in [0.15, 0.2) is 0 Å². The number of hydroxylamine groups is 1. The van der Waals surface area contributed by atoms with Crippen molar-refractivity contribution in [1.29, 1.82) is 0 Å². The topological polar surface area (TPSA) is 70.9 Å². The molecule has 2 heterocycles. The summed E-state index contributed by atoms with van der Waals surface area (Å²) in [7, 11) is 0. The number of nitrogens with one attached hydrogen (secondary N) is 1. The molecule has 0 amide bonds. The Morgan fingerprint density at radius 1 is 1.55 bits per heavy atom. The first-order chi connectivity index (χ1) is 10.7. The lowest BCUT2D eigenvalue weighted by Crippen LogP contribution is -2.34. The van der Waals surface area contributed by atoms with Gasteiger partial charge in [0, 0.05) is 16.9 Å². The molecule has 1 aromatic heterocycles. The molecule has 5 nitrogen and oxygen atoms in total. The predicted molar refractivity (Wildman–Crippen MR) is 85.2 cm³/mol. The Kier molecular flexibility index (Phi) is 4.54. The summed E-state index contributed by atoms with van der Waals surface area (Å²) in [4.78, 5) is 17.2. The van der Waals surface area contributed by atoms with Crippen molar-refractivity contribution in [3.8, 4) is 0 Å². The molecule has 2 atom stereocenters.